The standard InChI is InChI=1S/C9H13N3/c1-6-11-8-4-2-3-7(8)9(5-10)12-6/h2-5,10H2,1H3. The van der Waals surface area contributed by atoms with Gasteiger partial charge in [0.05, 0.1) is 5.69 Å². The highest BCUT2D eigenvalue weighted by atomic mass is 14.9. The fraction of sp³-hybridized carbons (Fsp3) is 0.556. The van der Waals surface area contributed by atoms with Crippen molar-refractivity contribution in [2.24, 2.45) is 5.73 Å². The number of hydrogen-bond acceptors (Lipinski definition) is 3. The van der Waals surface area contributed by atoms with Crippen LogP contribution >= 0.6 is 0 Å². The van der Waals surface area contributed by atoms with Crippen LogP contribution in [0, 0.1) is 6.92 Å². The molecule has 0 amide bonds. The van der Waals surface area contributed by atoms with Crippen molar-refractivity contribution in [1.29, 1.82) is 0 Å². The molecule has 3 nitrogen and oxygen atoms in total. The molecular weight excluding hydrogens is 150 g/mol. The smallest absolute Gasteiger partial charge is 0.125 e. The molecule has 0 aromatic carbocycles. The molecule has 0 radical (unpaired) electrons. The van der Waals surface area contributed by atoms with Gasteiger partial charge in [-0.3, -0.25) is 0 Å². The molecule has 0 fully saturated rings. The first-order valence-electron chi connectivity index (χ1n) is 4.36. The lowest BCUT2D eigenvalue weighted by Gasteiger charge is -2.05. The number of rotatable bonds is 1. The van der Waals surface area contributed by atoms with Crippen LogP contribution in [-0.2, 0) is 19.4 Å². The molecule has 0 bridgehead atoms. The van der Waals surface area contributed by atoms with Gasteiger partial charge in [-0.25, -0.2) is 9.97 Å². The molecule has 1 aromatic heterocycles. The molecule has 1 aliphatic carbocycles. The lowest BCUT2D eigenvalue weighted by atomic mass is 10.2. The molecule has 0 unspecified atom stereocenters. The van der Waals surface area contributed by atoms with E-state index in [9.17, 15) is 0 Å². The Bertz CT molecular complexity index is 307. The van der Waals surface area contributed by atoms with Crippen molar-refractivity contribution in [3.05, 3.63) is 22.8 Å². The van der Waals surface area contributed by atoms with Gasteiger partial charge >= 0.3 is 0 Å². The van der Waals surface area contributed by atoms with Crippen LogP contribution in [0.25, 0.3) is 0 Å². The second-order valence-electron chi connectivity index (χ2n) is 3.20. The maximum atomic E-state index is 5.60. The number of aromatic nitrogens is 2. The Hall–Kier alpha value is -0.960. The van der Waals surface area contributed by atoms with Crippen molar-refractivity contribution >= 4 is 0 Å². The largest absolute Gasteiger partial charge is 0.325 e. The quantitative estimate of drug-likeness (QED) is 0.664. The van der Waals surface area contributed by atoms with Crippen LogP contribution in [0.5, 0.6) is 0 Å². The summed E-state index contributed by atoms with van der Waals surface area (Å²) in [5, 5.41) is 0. The molecule has 0 aliphatic heterocycles. The first-order chi connectivity index (χ1) is 5.81. The Labute approximate surface area is 72.0 Å². The molecular formula is C9H13N3. The Morgan fingerprint density at radius 3 is 2.92 bits per heavy atom. The van der Waals surface area contributed by atoms with Crippen molar-refractivity contribution < 1.29 is 0 Å². The van der Waals surface area contributed by atoms with E-state index < -0.39 is 0 Å². The zero-order valence-electron chi connectivity index (χ0n) is 7.30. The maximum absolute atomic E-state index is 5.60. The third-order valence-corrected chi connectivity index (χ3v) is 2.32. The van der Waals surface area contributed by atoms with Crippen LogP contribution in [0.15, 0.2) is 0 Å². The van der Waals surface area contributed by atoms with Crippen molar-refractivity contribution in [2.75, 3.05) is 0 Å². The SMILES string of the molecule is Cc1nc(CN)c2c(n1)CCC2. The summed E-state index contributed by atoms with van der Waals surface area (Å²) in [5.41, 5.74) is 9.19. The molecule has 12 heavy (non-hydrogen) atoms. The monoisotopic (exact) mass is 163 g/mol. The van der Waals surface area contributed by atoms with Crippen LogP contribution in [0.1, 0.15) is 29.2 Å². The predicted octanol–water partition coefficient (Wildman–Crippen LogP) is 0.732. The predicted molar refractivity (Wildman–Crippen MR) is 46.7 cm³/mol. The summed E-state index contributed by atoms with van der Waals surface area (Å²) >= 11 is 0. The highest BCUT2D eigenvalue weighted by Gasteiger charge is 2.16. The fourth-order valence-electron chi connectivity index (χ4n) is 1.81. The molecule has 0 atom stereocenters. The molecule has 0 saturated heterocycles. The van der Waals surface area contributed by atoms with Crippen LogP contribution in [0.4, 0.5) is 0 Å². The second-order valence-corrected chi connectivity index (χ2v) is 3.20. The van der Waals surface area contributed by atoms with Crippen LogP contribution < -0.4 is 5.73 Å². The van der Waals surface area contributed by atoms with E-state index in [4.69, 9.17) is 5.73 Å². The zero-order chi connectivity index (χ0) is 8.55. The number of hydrogen-bond donors (Lipinski definition) is 1. The van der Waals surface area contributed by atoms with Gasteiger partial charge in [0.1, 0.15) is 5.82 Å². The molecule has 2 N–H and O–H groups in total. The van der Waals surface area contributed by atoms with Gasteiger partial charge in [0.15, 0.2) is 0 Å². The number of aryl methyl sites for hydroxylation is 2. The molecule has 3 heteroatoms. The van der Waals surface area contributed by atoms with Gasteiger partial charge in [0.2, 0.25) is 0 Å². The van der Waals surface area contributed by atoms with E-state index in [1.165, 1.54) is 17.7 Å². The lowest BCUT2D eigenvalue weighted by molar-refractivity contribution is 0.884. The van der Waals surface area contributed by atoms with Gasteiger partial charge < -0.3 is 5.73 Å². The Balaban J connectivity index is 2.55. The fourth-order valence-corrected chi connectivity index (χ4v) is 1.81. The number of nitrogens with zero attached hydrogens (tertiary/aromatic N) is 2. The van der Waals surface area contributed by atoms with Gasteiger partial charge in [0.25, 0.3) is 0 Å². The Kier molecular flexibility index (Phi) is 1.81. The van der Waals surface area contributed by atoms with Crippen molar-refractivity contribution in [1.82, 2.24) is 9.97 Å². The highest BCUT2D eigenvalue weighted by molar-refractivity contribution is 5.29. The van der Waals surface area contributed by atoms with Gasteiger partial charge in [-0.15, -0.1) is 0 Å². The first kappa shape index (κ1) is 7.68. The van der Waals surface area contributed by atoms with Gasteiger partial charge in [0, 0.05) is 12.2 Å². The van der Waals surface area contributed by atoms with E-state index in [0.717, 1.165) is 24.4 Å². The van der Waals surface area contributed by atoms with E-state index in [0.29, 0.717) is 6.54 Å². The summed E-state index contributed by atoms with van der Waals surface area (Å²) in [6.07, 6.45) is 3.42. The topological polar surface area (TPSA) is 51.8 Å². The molecule has 64 valence electrons. The normalized spacial score (nSPS) is 14.8. The second kappa shape index (κ2) is 2.83. The maximum Gasteiger partial charge on any atom is 0.125 e. The van der Waals surface area contributed by atoms with Crippen molar-refractivity contribution in [2.45, 2.75) is 32.7 Å². The van der Waals surface area contributed by atoms with Gasteiger partial charge in [-0.1, -0.05) is 0 Å². The van der Waals surface area contributed by atoms with Gasteiger partial charge in [-0.05, 0) is 31.7 Å². The molecule has 0 spiro atoms. The van der Waals surface area contributed by atoms with Gasteiger partial charge in [-0.2, -0.15) is 0 Å². The average Bonchev–Trinajstić information content (AvgIpc) is 2.50. The molecule has 1 aromatic rings. The van der Waals surface area contributed by atoms with E-state index in [1.54, 1.807) is 0 Å². The molecule has 2 rings (SSSR count). The summed E-state index contributed by atoms with van der Waals surface area (Å²) in [6.45, 7) is 2.48. The lowest BCUT2D eigenvalue weighted by Crippen LogP contribution is -2.07. The third-order valence-electron chi connectivity index (χ3n) is 2.32. The van der Waals surface area contributed by atoms with Crippen molar-refractivity contribution in [3.63, 3.8) is 0 Å². The van der Waals surface area contributed by atoms with E-state index >= 15 is 0 Å². The average molecular weight is 163 g/mol. The molecule has 1 aliphatic rings. The Morgan fingerprint density at radius 1 is 1.33 bits per heavy atom. The summed E-state index contributed by atoms with van der Waals surface area (Å²) in [7, 11) is 0. The van der Waals surface area contributed by atoms with Crippen LogP contribution in [0.3, 0.4) is 0 Å². The van der Waals surface area contributed by atoms with Crippen LogP contribution in [0.2, 0.25) is 0 Å². The number of nitrogens with two attached hydrogens (primary N) is 1. The van der Waals surface area contributed by atoms with E-state index in [-0.39, 0.29) is 0 Å². The minimum absolute atomic E-state index is 0.547. The van der Waals surface area contributed by atoms with Crippen molar-refractivity contribution in [3.8, 4) is 0 Å². The van der Waals surface area contributed by atoms with Crippen LogP contribution in [-0.4, -0.2) is 9.97 Å². The summed E-state index contributed by atoms with van der Waals surface area (Å²) in [6, 6.07) is 0. The molecule has 0 saturated carbocycles. The summed E-state index contributed by atoms with van der Waals surface area (Å²) < 4.78 is 0. The molecule has 1 heterocycles. The minimum atomic E-state index is 0.547. The third kappa shape index (κ3) is 1.10. The summed E-state index contributed by atoms with van der Waals surface area (Å²) in [5.74, 6) is 0.858. The minimum Gasteiger partial charge on any atom is -0.325 e. The van der Waals surface area contributed by atoms with E-state index in [1.807, 2.05) is 6.92 Å². The Morgan fingerprint density at radius 2 is 2.17 bits per heavy atom. The number of fused-ring (bicyclic) bond motifs is 1. The first-order valence-corrected chi connectivity index (χ1v) is 4.36. The summed E-state index contributed by atoms with van der Waals surface area (Å²) in [4.78, 5) is 8.72. The zero-order valence-corrected chi connectivity index (χ0v) is 7.30. The van der Waals surface area contributed by atoms with E-state index in [2.05, 4.69) is 9.97 Å². The highest BCUT2D eigenvalue weighted by Crippen LogP contribution is 2.22.